The lowest BCUT2D eigenvalue weighted by Crippen LogP contribution is -2.08. The van der Waals surface area contributed by atoms with E-state index in [4.69, 9.17) is 9.26 Å². The molecule has 0 N–H and O–H groups in total. The zero-order chi connectivity index (χ0) is 17.0. The zero-order valence-corrected chi connectivity index (χ0v) is 14.0. The van der Waals surface area contributed by atoms with E-state index in [1.807, 2.05) is 36.4 Å². The molecule has 0 amide bonds. The van der Waals surface area contributed by atoms with Crippen LogP contribution < -0.4 is 4.74 Å². The molecule has 0 unspecified atom stereocenters. The summed E-state index contributed by atoms with van der Waals surface area (Å²) in [5.41, 5.74) is 1.27. The van der Waals surface area contributed by atoms with Crippen molar-refractivity contribution in [3.8, 4) is 11.5 Å². The summed E-state index contributed by atoms with van der Waals surface area (Å²) in [5.74, 6) is 1.21. The first-order chi connectivity index (χ1) is 11.5. The van der Waals surface area contributed by atoms with Gasteiger partial charge in [-0.1, -0.05) is 41.6 Å². The van der Waals surface area contributed by atoms with Crippen LogP contribution in [0.2, 0.25) is 0 Å². The smallest absolute Gasteiger partial charge is 0.161 e. The van der Waals surface area contributed by atoms with E-state index in [1.54, 1.807) is 31.2 Å². The molecule has 0 radical (unpaired) electrons. The number of benzene rings is 2. The third-order valence-corrected chi connectivity index (χ3v) is 4.83. The molecule has 5 nitrogen and oxygen atoms in total. The Bertz CT molecular complexity index is 917. The fourth-order valence-corrected chi connectivity index (χ4v) is 3.71. The van der Waals surface area contributed by atoms with Crippen LogP contribution in [-0.4, -0.2) is 13.6 Å². The van der Waals surface area contributed by atoms with E-state index in [2.05, 4.69) is 5.16 Å². The lowest BCUT2D eigenvalue weighted by molar-refractivity contribution is 0.388. The molecule has 3 rings (SSSR count). The van der Waals surface area contributed by atoms with E-state index in [1.165, 1.54) is 0 Å². The second-order valence-electron chi connectivity index (χ2n) is 5.49. The maximum Gasteiger partial charge on any atom is 0.161 e. The highest BCUT2D eigenvalue weighted by atomic mass is 32.2. The number of rotatable bonds is 6. The van der Waals surface area contributed by atoms with Gasteiger partial charge in [-0.25, -0.2) is 8.42 Å². The Morgan fingerprint density at radius 2 is 1.71 bits per heavy atom. The highest BCUT2D eigenvalue weighted by Gasteiger charge is 2.18. The normalized spacial score (nSPS) is 11.4. The minimum absolute atomic E-state index is 0.129. The monoisotopic (exact) mass is 343 g/mol. The van der Waals surface area contributed by atoms with Gasteiger partial charge in [0, 0.05) is 11.6 Å². The Kier molecular flexibility index (Phi) is 4.66. The maximum atomic E-state index is 12.4. The van der Waals surface area contributed by atoms with Crippen molar-refractivity contribution in [3.05, 3.63) is 77.7 Å². The van der Waals surface area contributed by atoms with Gasteiger partial charge in [-0.3, -0.25) is 0 Å². The molecule has 0 aliphatic rings. The van der Waals surface area contributed by atoms with Gasteiger partial charge >= 0.3 is 0 Å². The molecular formula is C18H17NO4S. The van der Waals surface area contributed by atoms with Crippen LogP contribution in [0.5, 0.6) is 11.5 Å². The second kappa shape index (κ2) is 6.88. The Labute approximate surface area is 140 Å². The quantitative estimate of drug-likeness (QED) is 0.679. The van der Waals surface area contributed by atoms with Gasteiger partial charge in [0.2, 0.25) is 0 Å². The van der Waals surface area contributed by atoms with Crippen molar-refractivity contribution in [3.63, 3.8) is 0 Å². The number of hydrogen-bond donors (Lipinski definition) is 0. The highest BCUT2D eigenvalue weighted by Crippen LogP contribution is 2.27. The number of hydrogen-bond acceptors (Lipinski definition) is 5. The molecule has 0 fully saturated rings. The first-order valence-electron chi connectivity index (χ1n) is 7.45. The summed E-state index contributed by atoms with van der Waals surface area (Å²) < 4.78 is 35.7. The number of aryl methyl sites for hydroxylation is 1. The fraction of sp³-hybridized carbons (Fsp3) is 0.167. The van der Waals surface area contributed by atoms with Gasteiger partial charge in [0.1, 0.15) is 17.3 Å². The molecule has 24 heavy (non-hydrogen) atoms. The Morgan fingerprint density at radius 1 is 1.00 bits per heavy atom. The van der Waals surface area contributed by atoms with Crippen LogP contribution in [-0.2, 0) is 21.3 Å². The van der Waals surface area contributed by atoms with Crippen LogP contribution in [0.15, 0.2) is 65.2 Å². The Balaban J connectivity index is 1.79. The SMILES string of the molecule is Cc1cc(CS(=O)(=O)Cc2ccccc2Oc2ccccc2)on1. The minimum Gasteiger partial charge on any atom is -0.457 e. The highest BCUT2D eigenvalue weighted by molar-refractivity contribution is 7.89. The number of sulfone groups is 1. The molecule has 0 aliphatic heterocycles. The molecule has 1 aromatic heterocycles. The van der Waals surface area contributed by atoms with Crippen molar-refractivity contribution in [1.29, 1.82) is 0 Å². The Morgan fingerprint density at radius 3 is 2.42 bits per heavy atom. The molecule has 1 heterocycles. The predicted molar refractivity (Wildman–Crippen MR) is 90.5 cm³/mol. The van der Waals surface area contributed by atoms with Crippen molar-refractivity contribution < 1.29 is 17.7 Å². The van der Waals surface area contributed by atoms with Crippen LogP contribution >= 0.6 is 0 Å². The van der Waals surface area contributed by atoms with Crippen molar-refractivity contribution in [2.24, 2.45) is 0 Å². The lowest BCUT2D eigenvalue weighted by Gasteiger charge is -2.11. The second-order valence-corrected chi connectivity index (χ2v) is 7.55. The zero-order valence-electron chi connectivity index (χ0n) is 13.2. The third-order valence-electron chi connectivity index (χ3n) is 3.36. The molecule has 0 bridgehead atoms. The largest absolute Gasteiger partial charge is 0.457 e. The minimum atomic E-state index is -3.40. The molecule has 6 heteroatoms. The van der Waals surface area contributed by atoms with Crippen LogP contribution in [0.25, 0.3) is 0 Å². The average molecular weight is 343 g/mol. The van der Waals surface area contributed by atoms with Gasteiger partial charge < -0.3 is 9.26 Å². The van der Waals surface area contributed by atoms with E-state index >= 15 is 0 Å². The van der Waals surface area contributed by atoms with Crippen molar-refractivity contribution >= 4 is 9.84 Å². The molecule has 2 aromatic carbocycles. The number of aromatic nitrogens is 1. The topological polar surface area (TPSA) is 69.4 Å². The first kappa shape index (κ1) is 16.3. The van der Waals surface area contributed by atoms with Gasteiger partial charge in [0.25, 0.3) is 0 Å². The molecular weight excluding hydrogens is 326 g/mol. The van der Waals surface area contributed by atoms with E-state index in [-0.39, 0.29) is 11.5 Å². The van der Waals surface area contributed by atoms with E-state index in [9.17, 15) is 8.42 Å². The molecule has 0 atom stereocenters. The average Bonchev–Trinajstić information content (AvgIpc) is 2.94. The van der Waals surface area contributed by atoms with E-state index in [0.29, 0.717) is 28.5 Å². The van der Waals surface area contributed by atoms with Crippen molar-refractivity contribution in [2.45, 2.75) is 18.4 Å². The molecule has 0 saturated carbocycles. The summed E-state index contributed by atoms with van der Waals surface area (Å²) in [6.07, 6.45) is 0. The molecule has 0 aliphatic carbocycles. The van der Waals surface area contributed by atoms with Gasteiger partial charge in [-0.15, -0.1) is 0 Å². The van der Waals surface area contributed by atoms with Crippen LogP contribution in [0.1, 0.15) is 17.0 Å². The molecule has 0 saturated heterocycles. The lowest BCUT2D eigenvalue weighted by atomic mass is 10.2. The maximum absolute atomic E-state index is 12.4. The summed E-state index contributed by atoms with van der Waals surface area (Å²) in [6, 6.07) is 18.0. The Hall–Kier alpha value is -2.60. The molecule has 124 valence electrons. The van der Waals surface area contributed by atoms with E-state index in [0.717, 1.165) is 0 Å². The first-order valence-corrected chi connectivity index (χ1v) is 9.27. The van der Waals surface area contributed by atoms with Crippen molar-refractivity contribution in [2.75, 3.05) is 0 Å². The van der Waals surface area contributed by atoms with Crippen molar-refractivity contribution in [1.82, 2.24) is 5.16 Å². The fourth-order valence-electron chi connectivity index (χ4n) is 2.33. The third kappa shape index (κ3) is 4.23. The summed E-state index contributed by atoms with van der Waals surface area (Å²) in [7, 11) is -3.40. The molecule has 3 aromatic rings. The standard InChI is InChI=1S/C18H17NO4S/c1-14-11-17(23-19-14)13-24(20,21)12-15-7-5-6-10-18(15)22-16-8-3-2-4-9-16/h2-11H,12-13H2,1H3. The molecule has 0 spiro atoms. The van der Waals surface area contributed by atoms with Gasteiger partial charge in [0.15, 0.2) is 15.6 Å². The van der Waals surface area contributed by atoms with Gasteiger partial charge in [0.05, 0.1) is 11.4 Å². The number of nitrogens with zero attached hydrogens (tertiary/aromatic N) is 1. The van der Waals surface area contributed by atoms with Crippen LogP contribution in [0, 0.1) is 6.92 Å². The predicted octanol–water partition coefficient (Wildman–Crippen LogP) is 3.89. The van der Waals surface area contributed by atoms with Gasteiger partial charge in [-0.2, -0.15) is 0 Å². The van der Waals surface area contributed by atoms with Gasteiger partial charge in [-0.05, 0) is 25.1 Å². The summed E-state index contributed by atoms with van der Waals surface area (Å²) in [5, 5.41) is 3.72. The van der Waals surface area contributed by atoms with Crippen LogP contribution in [0.4, 0.5) is 0 Å². The van der Waals surface area contributed by atoms with Crippen LogP contribution in [0.3, 0.4) is 0 Å². The number of ether oxygens (including phenoxy) is 1. The summed E-state index contributed by atoms with van der Waals surface area (Å²) in [6.45, 7) is 1.75. The van der Waals surface area contributed by atoms with E-state index < -0.39 is 9.84 Å². The summed E-state index contributed by atoms with van der Waals surface area (Å²) >= 11 is 0. The number of para-hydroxylation sites is 2. The summed E-state index contributed by atoms with van der Waals surface area (Å²) in [4.78, 5) is 0.